The average Bonchev–Trinajstić information content (AvgIpc) is 3.48. The monoisotopic (exact) mass is 480 g/mol. The third-order valence-corrected chi connectivity index (χ3v) is 7.71. The molecule has 1 fully saturated rings. The zero-order chi connectivity index (χ0) is 22.6. The number of thiophene rings is 1. The standard InChI is InChI=1S/C24H24N4O3S2/c29-19(25-12-10-16-6-2-1-3-7-16)15-32-24-27-20-18-9-4-11-26-22(18)33-21(20)23(30)28(24)14-17-8-5-13-31-17/h1-4,6-7,9,11,17H,5,8,10,12-15H2,(H,25,29)/t17-/m0/s1. The summed E-state index contributed by atoms with van der Waals surface area (Å²) in [6, 6.07) is 13.8. The number of amides is 1. The Morgan fingerprint density at radius 1 is 1.24 bits per heavy atom. The number of hydrogen-bond acceptors (Lipinski definition) is 7. The minimum atomic E-state index is -0.0921. The lowest BCUT2D eigenvalue weighted by Gasteiger charge is -2.15. The van der Waals surface area contributed by atoms with Gasteiger partial charge >= 0.3 is 0 Å². The number of pyridine rings is 1. The van der Waals surface area contributed by atoms with Crippen molar-refractivity contribution in [3.8, 4) is 0 Å². The fraction of sp³-hybridized carbons (Fsp3) is 0.333. The molecule has 0 saturated carbocycles. The lowest BCUT2D eigenvalue weighted by atomic mass is 10.1. The number of carbonyl (C=O) groups excluding carboxylic acids is 1. The summed E-state index contributed by atoms with van der Waals surface area (Å²) >= 11 is 2.66. The van der Waals surface area contributed by atoms with Gasteiger partial charge in [0.2, 0.25) is 5.91 Å². The Morgan fingerprint density at radius 3 is 2.94 bits per heavy atom. The molecule has 0 spiro atoms. The van der Waals surface area contributed by atoms with E-state index in [1.807, 2.05) is 42.5 Å². The van der Waals surface area contributed by atoms with Crippen molar-refractivity contribution >= 4 is 49.4 Å². The maximum absolute atomic E-state index is 13.4. The number of hydrogen-bond donors (Lipinski definition) is 1. The minimum absolute atomic E-state index is 0.00602. The molecule has 7 nitrogen and oxygen atoms in total. The van der Waals surface area contributed by atoms with Gasteiger partial charge in [-0.05, 0) is 37.0 Å². The molecule has 170 valence electrons. The van der Waals surface area contributed by atoms with Crippen molar-refractivity contribution in [2.45, 2.75) is 37.1 Å². The lowest BCUT2D eigenvalue weighted by Crippen LogP contribution is -2.30. The number of aromatic nitrogens is 3. The first-order valence-corrected chi connectivity index (χ1v) is 12.8. The molecule has 4 aromatic rings. The average molecular weight is 481 g/mol. The second kappa shape index (κ2) is 10.0. The summed E-state index contributed by atoms with van der Waals surface area (Å²) < 4.78 is 8.05. The Hall–Kier alpha value is -2.75. The van der Waals surface area contributed by atoms with Crippen molar-refractivity contribution in [2.24, 2.45) is 0 Å². The van der Waals surface area contributed by atoms with E-state index in [9.17, 15) is 9.59 Å². The highest BCUT2D eigenvalue weighted by atomic mass is 32.2. The third kappa shape index (κ3) is 4.95. The number of ether oxygens (including phenoxy) is 1. The zero-order valence-corrected chi connectivity index (χ0v) is 19.7. The maximum atomic E-state index is 13.4. The molecular formula is C24H24N4O3S2. The predicted molar refractivity (Wildman–Crippen MR) is 132 cm³/mol. The Bertz CT molecular complexity index is 1330. The second-order valence-corrected chi connectivity index (χ2v) is 9.90. The van der Waals surface area contributed by atoms with Crippen LogP contribution < -0.4 is 10.9 Å². The van der Waals surface area contributed by atoms with Crippen LogP contribution >= 0.6 is 23.1 Å². The van der Waals surface area contributed by atoms with Gasteiger partial charge < -0.3 is 10.1 Å². The summed E-state index contributed by atoms with van der Waals surface area (Å²) in [5.41, 5.74) is 1.75. The van der Waals surface area contributed by atoms with Crippen LogP contribution in [0.1, 0.15) is 18.4 Å². The van der Waals surface area contributed by atoms with Gasteiger partial charge in [0.15, 0.2) is 5.16 Å². The highest BCUT2D eigenvalue weighted by Gasteiger charge is 2.22. The molecule has 0 unspecified atom stereocenters. The summed E-state index contributed by atoms with van der Waals surface area (Å²) in [7, 11) is 0. The summed E-state index contributed by atoms with van der Waals surface area (Å²) in [6.45, 7) is 1.73. The largest absolute Gasteiger partial charge is 0.376 e. The summed E-state index contributed by atoms with van der Waals surface area (Å²) in [4.78, 5) is 35.9. The fourth-order valence-corrected chi connectivity index (χ4v) is 5.84. The van der Waals surface area contributed by atoms with Crippen molar-refractivity contribution in [3.05, 3.63) is 64.6 Å². The van der Waals surface area contributed by atoms with Crippen molar-refractivity contribution in [3.63, 3.8) is 0 Å². The molecule has 5 rings (SSSR count). The first-order chi connectivity index (χ1) is 16.2. The normalized spacial score (nSPS) is 15.9. The number of nitrogens with one attached hydrogen (secondary N) is 1. The highest BCUT2D eigenvalue weighted by molar-refractivity contribution is 7.99. The maximum Gasteiger partial charge on any atom is 0.272 e. The molecule has 9 heteroatoms. The summed E-state index contributed by atoms with van der Waals surface area (Å²) in [6.07, 6.45) is 4.40. The number of thioether (sulfide) groups is 1. The van der Waals surface area contributed by atoms with Gasteiger partial charge in [-0.3, -0.25) is 14.2 Å². The molecule has 0 radical (unpaired) electrons. The lowest BCUT2D eigenvalue weighted by molar-refractivity contribution is -0.118. The third-order valence-electron chi connectivity index (χ3n) is 5.64. The van der Waals surface area contributed by atoms with Gasteiger partial charge in [-0.1, -0.05) is 42.1 Å². The van der Waals surface area contributed by atoms with Gasteiger partial charge in [0, 0.05) is 24.7 Å². The van der Waals surface area contributed by atoms with Crippen LogP contribution in [0, 0.1) is 0 Å². The van der Waals surface area contributed by atoms with Crippen molar-refractivity contribution < 1.29 is 9.53 Å². The van der Waals surface area contributed by atoms with Crippen LogP contribution in [0.25, 0.3) is 20.4 Å². The Labute approximate surface area is 199 Å². The van der Waals surface area contributed by atoms with Gasteiger partial charge in [0.05, 0.1) is 23.9 Å². The van der Waals surface area contributed by atoms with Gasteiger partial charge in [-0.15, -0.1) is 11.3 Å². The van der Waals surface area contributed by atoms with Gasteiger partial charge in [-0.25, -0.2) is 9.97 Å². The number of rotatable bonds is 8. The molecule has 1 aliphatic rings. The van der Waals surface area contributed by atoms with Crippen molar-refractivity contribution in [2.75, 3.05) is 18.9 Å². The van der Waals surface area contributed by atoms with Crippen LogP contribution in [0.5, 0.6) is 0 Å². The summed E-state index contributed by atoms with van der Waals surface area (Å²) in [5.74, 6) is 0.115. The first-order valence-electron chi connectivity index (χ1n) is 11.0. The Kier molecular flexibility index (Phi) is 6.70. The van der Waals surface area contributed by atoms with E-state index in [0.29, 0.717) is 35.1 Å². The second-order valence-electron chi connectivity index (χ2n) is 7.96. The molecule has 1 amide bonds. The van der Waals surface area contributed by atoms with Crippen molar-refractivity contribution in [1.82, 2.24) is 19.9 Å². The van der Waals surface area contributed by atoms with E-state index < -0.39 is 0 Å². The molecule has 1 atom stereocenters. The van der Waals surface area contributed by atoms with E-state index in [4.69, 9.17) is 9.72 Å². The smallest absolute Gasteiger partial charge is 0.272 e. The molecule has 0 bridgehead atoms. The van der Waals surface area contributed by atoms with E-state index in [2.05, 4.69) is 10.3 Å². The molecule has 33 heavy (non-hydrogen) atoms. The number of carbonyl (C=O) groups is 1. The number of benzene rings is 1. The minimum Gasteiger partial charge on any atom is -0.376 e. The molecular weight excluding hydrogens is 456 g/mol. The van der Waals surface area contributed by atoms with Crippen LogP contribution in [-0.4, -0.2) is 45.5 Å². The molecule has 0 aliphatic carbocycles. The van der Waals surface area contributed by atoms with Crippen LogP contribution in [0.2, 0.25) is 0 Å². The predicted octanol–water partition coefficient (Wildman–Crippen LogP) is 3.64. The summed E-state index contributed by atoms with van der Waals surface area (Å²) in [5, 5.41) is 4.38. The molecule has 1 aliphatic heterocycles. The molecule has 4 heterocycles. The highest BCUT2D eigenvalue weighted by Crippen LogP contribution is 2.30. The van der Waals surface area contributed by atoms with Crippen LogP contribution in [0.3, 0.4) is 0 Å². The van der Waals surface area contributed by atoms with E-state index in [1.54, 1.807) is 10.8 Å². The van der Waals surface area contributed by atoms with E-state index >= 15 is 0 Å². The zero-order valence-electron chi connectivity index (χ0n) is 18.0. The Balaban J connectivity index is 1.36. The van der Waals surface area contributed by atoms with Gasteiger partial charge in [-0.2, -0.15) is 0 Å². The number of fused-ring (bicyclic) bond motifs is 3. The number of nitrogens with zero attached hydrogens (tertiary/aromatic N) is 3. The van der Waals surface area contributed by atoms with Gasteiger partial charge in [0.25, 0.3) is 5.56 Å². The van der Waals surface area contributed by atoms with Crippen LogP contribution in [0.4, 0.5) is 0 Å². The van der Waals surface area contributed by atoms with Crippen LogP contribution in [-0.2, 0) is 22.5 Å². The fourth-order valence-electron chi connectivity index (χ4n) is 3.98. The Morgan fingerprint density at radius 2 is 2.12 bits per heavy atom. The van der Waals surface area contributed by atoms with Crippen molar-refractivity contribution in [1.29, 1.82) is 0 Å². The van der Waals surface area contributed by atoms with Gasteiger partial charge in [0.1, 0.15) is 9.53 Å². The first kappa shape index (κ1) is 22.1. The molecule has 1 saturated heterocycles. The van der Waals surface area contributed by atoms with E-state index in [-0.39, 0.29) is 23.3 Å². The molecule has 1 aromatic carbocycles. The van der Waals surface area contributed by atoms with Crippen LogP contribution in [0.15, 0.2) is 58.6 Å². The quantitative estimate of drug-likeness (QED) is 0.306. The topological polar surface area (TPSA) is 86.1 Å². The molecule has 3 aromatic heterocycles. The SMILES string of the molecule is O=C(CSc1nc2c(sc3ncccc32)c(=O)n1C[C@@H]1CCCO1)NCCc1ccccc1. The molecule has 1 N–H and O–H groups in total. The van der Waals surface area contributed by atoms with E-state index in [1.165, 1.54) is 28.7 Å². The van der Waals surface area contributed by atoms with E-state index in [0.717, 1.165) is 29.5 Å².